The van der Waals surface area contributed by atoms with Crippen molar-refractivity contribution in [2.24, 2.45) is 0 Å². The number of aromatic nitrogens is 2. The molecule has 3 nitrogen and oxygen atoms in total. The van der Waals surface area contributed by atoms with Gasteiger partial charge < -0.3 is 4.42 Å². The third-order valence-corrected chi connectivity index (χ3v) is 2.39. The van der Waals surface area contributed by atoms with Gasteiger partial charge in [0.05, 0.1) is 17.6 Å². The van der Waals surface area contributed by atoms with Gasteiger partial charge in [-0.05, 0) is 6.92 Å². The van der Waals surface area contributed by atoms with Crippen LogP contribution in [0.15, 0.2) is 23.1 Å². The van der Waals surface area contributed by atoms with Crippen LogP contribution in [0.1, 0.15) is 15.8 Å². The van der Waals surface area contributed by atoms with Crippen molar-refractivity contribution in [2.75, 3.05) is 0 Å². The summed E-state index contributed by atoms with van der Waals surface area (Å²) < 4.78 is 5.11. The SMILES string of the molecule is Cc1ncc(Cc2ncco2)s1. The summed E-state index contributed by atoms with van der Waals surface area (Å²) in [6, 6.07) is 0. The van der Waals surface area contributed by atoms with Gasteiger partial charge in [-0.15, -0.1) is 11.3 Å². The summed E-state index contributed by atoms with van der Waals surface area (Å²) >= 11 is 1.67. The van der Waals surface area contributed by atoms with Crippen molar-refractivity contribution in [3.63, 3.8) is 0 Å². The molecule has 0 atom stereocenters. The summed E-state index contributed by atoms with van der Waals surface area (Å²) in [5.41, 5.74) is 0. The van der Waals surface area contributed by atoms with E-state index in [9.17, 15) is 0 Å². The Balaban J connectivity index is 2.14. The van der Waals surface area contributed by atoms with Crippen LogP contribution >= 0.6 is 11.3 Å². The molecule has 0 saturated heterocycles. The molecule has 0 fully saturated rings. The van der Waals surface area contributed by atoms with Gasteiger partial charge in [0, 0.05) is 11.1 Å². The second-order valence-electron chi connectivity index (χ2n) is 2.45. The van der Waals surface area contributed by atoms with Crippen molar-refractivity contribution in [1.29, 1.82) is 0 Å². The fourth-order valence-corrected chi connectivity index (χ4v) is 1.76. The molecule has 12 heavy (non-hydrogen) atoms. The average Bonchev–Trinajstić information content (AvgIpc) is 2.63. The number of hydrogen-bond donors (Lipinski definition) is 0. The van der Waals surface area contributed by atoms with Gasteiger partial charge in [-0.3, -0.25) is 0 Å². The lowest BCUT2D eigenvalue weighted by molar-refractivity contribution is 0.508. The highest BCUT2D eigenvalue weighted by molar-refractivity contribution is 7.11. The molecule has 0 amide bonds. The molecule has 2 aromatic heterocycles. The van der Waals surface area contributed by atoms with Gasteiger partial charge in [-0.25, -0.2) is 9.97 Å². The van der Waals surface area contributed by atoms with Gasteiger partial charge in [0.1, 0.15) is 6.26 Å². The molecule has 0 unspecified atom stereocenters. The van der Waals surface area contributed by atoms with Gasteiger partial charge in [0.15, 0.2) is 5.89 Å². The molecule has 2 rings (SSSR count). The lowest BCUT2D eigenvalue weighted by Crippen LogP contribution is -1.82. The predicted molar refractivity (Wildman–Crippen MR) is 46.2 cm³/mol. The first-order chi connectivity index (χ1) is 5.84. The smallest absolute Gasteiger partial charge is 0.199 e. The highest BCUT2D eigenvalue weighted by atomic mass is 32.1. The summed E-state index contributed by atoms with van der Waals surface area (Å²) in [5, 5.41) is 1.08. The number of thiazole rings is 1. The Morgan fingerprint density at radius 3 is 3.00 bits per heavy atom. The van der Waals surface area contributed by atoms with E-state index in [1.165, 1.54) is 4.88 Å². The summed E-state index contributed by atoms with van der Waals surface area (Å²) in [5.74, 6) is 0.749. The second kappa shape index (κ2) is 3.06. The van der Waals surface area contributed by atoms with Crippen molar-refractivity contribution in [3.8, 4) is 0 Å². The summed E-state index contributed by atoms with van der Waals surface area (Å²) in [7, 11) is 0. The maximum absolute atomic E-state index is 5.11. The van der Waals surface area contributed by atoms with Crippen molar-refractivity contribution >= 4 is 11.3 Å². The molecule has 0 aliphatic heterocycles. The normalized spacial score (nSPS) is 10.4. The molecule has 62 valence electrons. The average molecular weight is 180 g/mol. The molecule has 2 aromatic rings. The van der Waals surface area contributed by atoms with Crippen LogP contribution in [0.4, 0.5) is 0 Å². The van der Waals surface area contributed by atoms with Crippen molar-refractivity contribution in [1.82, 2.24) is 9.97 Å². The first-order valence-corrected chi connectivity index (χ1v) is 4.46. The zero-order valence-electron chi connectivity index (χ0n) is 6.65. The number of hydrogen-bond acceptors (Lipinski definition) is 4. The van der Waals surface area contributed by atoms with E-state index in [0.717, 1.165) is 17.3 Å². The molecule has 0 bridgehead atoms. The van der Waals surface area contributed by atoms with Gasteiger partial charge in [0.25, 0.3) is 0 Å². The molecule has 0 saturated carbocycles. The van der Waals surface area contributed by atoms with Gasteiger partial charge >= 0.3 is 0 Å². The Kier molecular flexibility index (Phi) is 1.91. The largest absolute Gasteiger partial charge is 0.449 e. The number of nitrogens with zero attached hydrogens (tertiary/aromatic N) is 2. The minimum Gasteiger partial charge on any atom is -0.449 e. The van der Waals surface area contributed by atoms with E-state index < -0.39 is 0 Å². The molecular weight excluding hydrogens is 172 g/mol. The highest BCUT2D eigenvalue weighted by Gasteiger charge is 2.02. The Morgan fingerprint density at radius 2 is 2.42 bits per heavy atom. The van der Waals surface area contributed by atoms with Crippen LogP contribution in [0.25, 0.3) is 0 Å². The Hall–Kier alpha value is -1.16. The molecule has 0 aliphatic rings. The highest BCUT2D eigenvalue weighted by Crippen LogP contribution is 2.14. The van der Waals surface area contributed by atoms with E-state index in [4.69, 9.17) is 4.42 Å². The van der Waals surface area contributed by atoms with Crippen molar-refractivity contribution in [2.45, 2.75) is 13.3 Å². The lowest BCUT2D eigenvalue weighted by Gasteiger charge is -1.87. The van der Waals surface area contributed by atoms with Crippen LogP contribution in [0.5, 0.6) is 0 Å². The molecule has 0 aliphatic carbocycles. The first kappa shape index (κ1) is 7.49. The standard InChI is InChI=1S/C8H8N2OS/c1-6-10-5-7(12-6)4-8-9-2-3-11-8/h2-3,5H,4H2,1H3. The molecule has 4 heteroatoms. The van der Waals surface area contributed by atoms with Crippen LogP contribution in [0.3, 0.4) is 0 Å². The predicted octanol–water partition coefficient (Wildman–Crippen LogP) is 2.03. The molecule has 0 radical (unpaired) electrons. The summed E-state index contributed by atoms with van der Waals surface area (Å²) in [6.45, 7) is 1.99. The quantitative estimate of drug-likeness (QED) is 0.709. The Morgan fingerprint density at radius 1 is 1.50 bits per heavy atom. The van der Waals surface area contributed by atoms with Crippen molar-refractivity contribution in [3.05, 3.63) is 34.4 Å². The number of aryl methyl sites for hydroxylation is 1. The topological polar surface area (TPSA) is 38.9 Å². The van der Waals surface area contributed by atoms with Crippen LogP contribution in [0, 0.1) is 6.92 Å². The Labute approximate surface area is 74.1 Å². The fourth-order valence-electron chi connectivity index (χ4n) is 0.976. The van der Waals surface area contributed by atoms with Crippen LogP contribution < -0.4 is 0 Å². The number of rotatable bonds is 2. The number of oxazole rings is 1. The lowest BCUT2D eigenvalue weighted by atomic mass is 10.4. The minimum atomic E-state index is 0.749. The zero-order valence-corrected chi connectivity index (χ0v) is 7.47. The van der Waals surface area contributed by atoms with E-state index in [1.807, 2.05) is 13.1 Å². The van der Waals surface area contributed by atoms with Crippen LogP contribution in [-0.2, 0) is 6.42 Å². The molecule has 2 heterocycles. The van der Waals surface area contributed by atoms with E-state index in [-0.39, 0.29) is 0 Å². The third kappa shape index (κ3) is 1.53. The molecular formula is C8H8N2OS. The summed E-state index contributed by atoms with van der Waals surface area (Å²) in [4.78, 5) is 9.37. The molecule has 0 aromatic carbocycles. The van der Waals surface area contributed by atoms with Crippen LogP contribution in [0.2, 0.25) is 0 Å². The minimum absolute atomic E-state index is 0.749. The van der Waals surface area contributed by atoms with E-state index in [0.29, 0.717) is 0 Å². The molecule has 0 spiro atoms. The monoisotopic (exact) mass is 180 g/mol. The maximum Gasteiger partial charge on any atom is 0.199 e. The second-order valence-corrected chi connectivity index (χ2v) is 3.77. The first-order valence-electron chi connectivity index (χ1n) is 3.64. The zero-order chi connectivity index (χ0) is 8.39. The van der Waals surface area contributed by atoms with Gasteiger partial charge in [0.2, 0.25) is 0 Å². The fraction of sp³-hybridized carbons (Fsp3) is 0.250. The van der Waals surface area contributed by atoms with E-state index in [2.05, 4.69) is 9.97 Å². The van der Waals surface area contributed by atoms with Crippen LogP contribution in [-0.4, -0.2) is 9.97 Å². The summed E-state index contributed by atoms with van der Waals surface area (Å²) in [6.07, 6.45) is 5.86. The van der Waals surface area contributed by atoms with E-state index in [1.54, 1.807) is 23.8 Å². The molecule has 0 N–H and O–H groups in total. The maximum atomic E-state index is 5.11. The Bertz CT molecular complexity index is 353. The van der Waals surface area contributed by atoms with Gasteiger partial charge in [-0.1, -0.05) is 0 Å². The van der Waals surface area contributed by atoms with Crippen molar-refractivity contribution < 1.29 is 4.42 Å². The third-order valence-electron chi connectivity index (χ3n) is 1.48. The van der Waals surface area contributed by atoms with Gasteiger partial charge in [-0.2, -0.15) is 0 Å². The van der Waals surface area contributed by atoms with E-state index >= 15 is 0 Å².